The predicted molar refractivity (Wildman–Crippen MR) is 97.4 cm³/mol. The number of amides is 1. The summed E-state index contributed by atoms with van der Waals surface area (Å²) in [5, 5.41) is 9.84. The molecule has 1 saturated heterocycles. The summed E-state index contributed by atoms with van der Waals surface area (Å²) in [4.78, 5) is 14.9. The molecule has 0 bridgehead atoms. The van der Waals surface area contributed by atoms with Gasteiger partial charge in [0.25, 0.3) is 5.91 Å². The molecule has 1 fully saturated rings. The SMILES string of the molecule is COCCCN1CCC(CNC(=O)c2cccc(-c3cn[nH]c3)c2)C1. The molecular formula is C19H26N4O2. The molecule has 2 N–H and O–H groups in total. The minimum Gasteiger partial charge on any atom is -0.385 e. The highest BCUT2D eigenvalue weighted by Gasteiger charge is 2.22. The number of H-pyrrole nitrogens is 1. The number of nitrogens with one attached hydrogen (secondary N) is 2. The van der Waals surface area contributed by atoms with Gasteiger partial charge < -0.3 is 15.0 Å². The van der Waals surface area contributed by atoms with E-state index in [1.54, 1.807) is 13.3 Å². The number of ether oxygens (including phenoxy) is 1. The Balaban J connectivity index is 1.48. The maximum Gasteiger partial charge on any atom is 0.251 e. The zero-order valence-electron chi connectivity index (χ0n) is 14.7. The van der Waals surface area contributed by atoms with Gasteiger partial charge >= 0.3 is 0 Å². The summed E-state index contributed by atoms with van der Waals surface area (Å²) in [6.07, 6.45) is 5.79. The normalized spacial score (nSPS) is 17.7. The molecule has 0 aliphatic carbocycles. The van der Waals surface area contributed by atoms with E-state index < -0.39 is 0 Å². The summed E-state index contributed by atoms with van der Waals surface area (Å²) >= 11 is 0. The van der Waals surface area contributed by atoms with E-state index in [2.05, 4.69) is 20.4 Å². The van der Waals surface area contributed by atoms with Gasteiger partial charge in [0.1, 0.15) is 0 Å². The number of carbonyl (C=O) groups is 1. The fourth-order valence-electron chi connectivity index (χ4n) is 3.30. The Morgan fingerprint density at radius 3 is 3.16 bits per heavy atom. The van der Waals surface area contributed by atoms with E-state index in [0.717, 1.165) is 56.8 Å². The molecule has 2 aromatic rings. The Labute approximate surface area is 148 Å². The van der Waals surface area contributed by atoms with Crippen LogP contribution in [-0.4, -0.2) is 60.9 Å². The zero-order valence-corrected chi connectivity index (χ0v) is 14.7. The molecule has 134 valence electrons. The Morgan fingerprint density at radius 1 is 1.44 bits per heavy atom. The molecular weight excluding hydrogens is 316 g/mol. The summed E-state index contributed by atoms with van der Waals surface area (Å²) in [7, 11) is 1.74. The number of hydrogen-bond donors (Lipinski definition) is 2. The van der Waals surface area contributed by atoms with Crippen molar-refractivity contribution in [1.29, 1.82) is 0 Å². The minimum absolute atomic E-state index is 0.0109. The van der Waals surface area contributed by atoms with Gasteiger partial charge in [0.15, 0.2) is 0 Å². The molecule has 1 atom stereocenters. The first kappa shape index (κ1) is 17.6. The molecule has 1 aliphatic rings. The quantitative estimate of drug-likeness (QED) is 0.721. The predicted octanol–water partition coefficient (Wildman–Crippen LogP) is 2.16. The third-order valence-electron chi connectivity index (χ3n) is 4.70. The molecule has 0 radical (unpaired) electrons. The number of rotatable bonds is 8. The largest absolute Gasteiger partial charge is 0.385 e. The van der Waals surface area contributed by atoms with Crippen molar-refractivity contribution in [2.75, 3.05) is 39.9 Å². The van der Waals surface area contributed by atoms with Crippen LogP contribution < -0.4 is 5.32 Å². The molecule has 1 aromatic carbocycles. The molecule has 1 aromatic heterocycles. The van der Waals surface area contributed by atoms with Gasteiger partial charge in [0.05, 0.1) is 6.20 Å². The van der Waals surface area contributed by atoms with Crippen LogP contribution in [0.3, 0.4) is 0 Å². The average molecular weight is 342 g/mol. The zero-order chi connectivity index (χ0) is 17.5. The van der Waals surface area contributed by atoms with Crippen LogP contribution in [0.1, 0.15) is 23.2 Å². The molecule has 0 spiro atoms. The van der Waals surface area contributed by atoms with Crippen molar-refractivity contribution in [3.8, 4) is 11.1 Å². The van der Waals surface area contributed by atoms with E-state index in [1.807, 2.05) is 30.5 Å². The van der Waals surface area contributed by atoms with E-state index >= 15 is 0 Å². The first-order valence-electron chi connectivity index (χ1n) is 8.85. The van der Waals surface area contributed by atoms with E-state index in [9.17, 15) is 4.79 Å². The fourth-order valence-corrected chi connectivity index (χ4v) is 3.30. The van der Waals surface area contributed by atoms with Crippen molar-refractivity contribution in [1.82, 2.24) is 20.4 Å². The summed E-state index contributed by atoms with van der Waals surface area (Å²) in [5.74, 6) is 0.520. The summed E-state index contributed by atoms with van der Waals surface area (Å²) in [6, 6.07) is 7.65. The van der Waals surface area contributed by atoms with Gasteiger partial charge in [0, 0.05) is 50.7 Å². The Morgan fingerprint density at radius 2 is 2.36 bits per heavy atom. The summed E-state index contributed by atoms with van der Waals surface area (Å²) < 4.78 is 5.10. The van der Waals surface area contributed by atoms with Crippen molar-refractivity contribution < 1.29 is 9.53 Å². The average Bonchev–Trinajstić information content (AvgIpc) is 3.32. The highest BCUT2D eigenvalue weighted by atomic mass is 16.5. The highest BCUT2D eigenvalue weighted by molar-refractivity contribution is 5.95. The monoisotopic (exact) mass is 342 g/mol. The molecule has 1 unspecified atom stereocenters. The van der Waals surface area contributed by atoms with Crippen LogP contribution in [0, 0.1) is 5.92 Å². The van der Waals surface area contributed by atoms with Crippen molar-refractivity contribution in [3.05, 3.63) is 42.2 Å². The van der Waals surface area contributed by atoms with Gasteiger partial charge in [-0.1, -0.05) is 12.1 Å². The van der Waals surface area contributed by atoms with Gasteiger partial charge in [-0.05, 0) is 43.0 Å². The third kappa shape index (κ3) is 4.90. The van der Waals surface area contributed by atoms with Gasteiger partial charge in [-0.3, -0.25) is 9.89 Å². The van der Waals surface area contributed by atoms with Crippen molar-refractivity contribution in [2.24, 2.45) is 5.92 Å². The lowest BCUT2D eigenvalue weighted by atomic mass is 10.1. The lowest BCUT2D eigenvalue weighted by Gasteiger charge is -2.16. The number of nitrogens with zero attached hydrogens (tertiary/aromatic N) is 2. The number of likely N-dealkylation sites (tertiary alicyclic amines) is 1. The topological polar surface area (TPSA) is 70.2 Å². The second-order valence-corrected chi connectivity index (χ2v) is 6.58. The standard InChI is InChI=1S/C19H26N4O2/c1-25-9-3-7-23-8-6-15(14-23)11-20-19(24)17-5-2-4-16(10-17)18-12-21-22-13-18/h2,4-5,10,12-13,15H,3,6-9,11,14H2,1H3,(H,20,24)(H,21,22). The number of aromatic amines is 1. The molecule has 3 rings (SSSR count). The van der Waals surface area contributed by atoms with Crippen LogP contribution in [0.2, 0.25) is 0 Å². The van der Waals surface area contributed by atoms with Crippen LogP contribution in [0.25, 0.3) is 11.1 Å². The maximum atomic E-state index is 12.5. The molecule has 6 nitrogen and oxygen atoms in total. The van der Waals surface area contributed by atoms with Crippen LogP contribution in [0.15, 0.2) is 36.7 Å². The summed E-state index contributed by atoms with van der Waals surface area (Å²) in [5.41, 5.74) is 2.66. The molecule has 25 heavy (non-hydrogen) atoms. The number of benzene rings is 1. The number of aromatic nitrogens is 2. The van der Waals surface area contributed by atoms with Crippen LogP contribution in [0.4, 0.5) is 0 Å². The van der Waals surface area contributed by atoms with Crippen LogP contribution in [0.5, 0.6) is 0 Å². The van der Waals surface area contributed by atoms with E-state index in [1.165, 1.54) is 0 Å². The van der Waals surface area contributed by atoms with Crippen LogP contribution in [-0.2, 0) is 4.74 Å². The number of methoxy groups -OCH3 is 1. The molecule has 0 saturated carbocycles. The number of carbonyl (C=O) groups excluding carboxylic acids is 1. The van der Waals surface area contributed by atoms with Crippen molar-refractivity contribution in [3.63, 3.8) is 0 Å². The Kier molecular flexibility index (Phi) is 6.19. The van der Waals surface area contributed by atoms with E-state index in [0.29, 0.717) is 11.5 Å². The Bertz CT molecular complexity index is 672. The third-order valence-corrected chi connectivity index (χ3v) is 4.70. The Hall–Kier alpha value is -2.18. The first-order valence-corrected chi connectivity index (χ1v) is 8.85. The van der Waals surface area contributed by atoms with Crippen molar-refractivity contribution in [2.45, 2.75) is 12.8 Å². The smallest absolute Gasteiger partial charge is 0.251 e. The van der Waals surface area contributed by atoms with Gasteiger partial charge in [-0.2, -0.15) is 5.10 Å². The van der Waals surface area contributed by atoms with Gasteiger partial charge in [-0.15, -0.1) is 0 Å². The van der Waals surface area contributed by atoms with Gasteiger partial charge in [-0.25, -0.2) is 0 Å². The lowest BCUT2D eigenvalue weighted by Crippen LogP contribution is -2.31. The maximum absolute atomic E-state index is 12.5. The molecule has 1 aliphatic heterocycles. The first-order chi connectivity index (χ1) is 12.3. The van der Waals surface area contributed by atoms with Crippen LogP contribution >= 0.6 is 0 Å². The molecule has 1 amide bonds. The molecule has 2 heterocycles. The lowest BCUT2D eigenvalue weighted by molar-refractivity contribution is 0.0947. The molecule has 6 heteroatoms. The second kappa shape index (κ2) is 8.78. The minimum atomic E-state index is -0.0109. The second-order valence-electron chi connectivity index (χ2n) is 6.58. The highest BCUT2D eigenvalue weighted by Crippen LogP contribution is 2.19. The van der Waals surface area contributed by atoms with E-state index in [4.69, 9.17) is 4.74 Å². The van der Waals surface area contributed by atoms with Crippen molar-refractivity contribution >= 4 is 5.91 Å². The summed E-state index contributed by atoms with van der Waals surface area (Å²) in [6.45, 7) is 4.78. The number of hydrogen-bond acceptors (Lipinski definition) is 4. The fraction of sp³-hybridized carbons (Fsp3) is 0.474. The van der Waals surface area contributed by atoms with Gasteiger partial charge in [0.2, 0.25) is 0 Å². The van der Waals surface area contributed by atoms with E-state index in [-0.39, 0.29) is 5.91 Å².